The van der Waals surface area contributed by atoms with Crippen molar-refractivity contribution >= 4 is 12.1 Å². The Labute approximate surface area is 109 Å². The highest BCUT2D eigenvalue weighted by Crippen LogP contribution is 2.20. The minimum absolute atomic E-state index is 0.464. The fourth-order valence-corrected chi connectivity index (χ4v) is 1.73. The number of piperidine rings is 1. The molecule has 0 radical (unpaired) electrons. The van der Waals surface area contributed by atoms with Crippen molar-refractivity contribution in [2.75, 3.05) is 6.54 Å². The van der Waals surface area contributed by atoms with Gasteiger partial charge in [-0.2, -0.15) is 0 Å². The number of carboxylic acid groups (broad SMARTS) is 1. The molecule has 0 aromatic heterocycles. The number of hydrogen-bond acceptors (Lipinski definition) is 3. The molecule has 1 fully saturated rings. The molecule has 0 aromatic rings. The van der Waals surface area contributed by atoms with Crippen LogP contribution in [-0.4, -0.2) is 40.3 Å². The van der Waals surface area contributed by atoms with E-state index in [2.05, 4.69) is 0 Å². The maximum atomic E-state index is 11.8. The third-order valence-corrected chi connectivity index (χ3v) is 2.42. The van der Waals surface area contributed by atoms with Crippen LogP contribution in [0.25, 0.3) is 0 Å². The lowest BCUT2D eigenvalue weighted by atomic mass is 10.0. The smallest absolute Gasteiger partial charge is 0.411 e. The highest BCUT2D eigenvalue weighted by Gasteiger charge is 2.34. The van der Waals surface area contributed by atoms with E-state index in [4.69, 9.17) is 9.84 Å². The first kappa shape index (κ1) is 16.7. The highest BCUT2D eigenvalue weighted by atomic mass is 16.6. The molecule has 1 aliphatic heterocycles. The molecule has 0 saturated carbocycles. The van der Waals surface area contributed by atoms with E-state index in [1.807, 2.05) is 13.8 Å². The Kier molecular flexibility index (Phi) is 6.73. The maximum Gasteiger partial charge on any atom is 0.411 e. The van der Waals surface area contributed by atoms with Crippen LogP contribution in [0.1, 0.15) is 53.9 Å². The Morgan fingerprint density at radius 1 is 1.22 bits per heavy atom. The molecule has 0 bridgehead atoms. The number of carboxylic acids is 1. The number of amides is 1. The Morgan fingerprint density at radius 2 is 1.78 bits per heavy atom. The summed E-state index contributed by atoms with van der Waals surface area (Å²) in [5, 5.41) is 9.01. The fraction of sp³-hybridized carbons (Fsp3) is 0.846. The molecule has 1 amide bonds. The molecule has 5 nitrogen and oxygen atoms in total. The lowest BCUT2D eigenvalue weighted by Gasteiger charge is -2.34. The Bertz CT molecular complexity index is 283. The molecule has 106 valence electrons. The van der Waals surface area contributed by atoms with E-state index in [0.29, 0.717) is 13.0 Å². The van der Waals surface area contributed by atoms with Gasteiger partial charge in [0.15, 0.2) is 0 Å². The Balaban J connectivity index is 0.00000137. The van der Waals surface area contributed by atoms with E-state index in [1.54, 1.807) is 20.8 Å². The molecule has 18 heavy (non-hydrogen) atoms. The number of carbonyl (C=O) groups excluding carboxylic acids is 1. The van der Waals surface area contributed by atoms with Crippen molar-refractivity contribution in [2.24, 2.45) is 0 Å². The third-order valence-electron chi connectivity index (χ3n) is 2.42. The van der Waals surface area contributed by atoms with Crippen molar-refractivity contribution in [2.45, 2.75) is 65.5 Å². The lowest BCUT2D eigenvalue weighted by molar-refractivity contribution is -0.144. The van der Waals surface area contributed by atoms with E-state index >= 15 is 0 Å². The summed E-state index contributed by atoms with van der Waals surface area (Å²) < 4.78 is 5.18. The van der Waals surface area contributed by atoms with Crippen LogP contribution in [0.4, 0.5) is 4.79 Å². The summed E-state index contributed by atoms with van der Waals surface area (Å²) in [5.41, 5.74) is -0.586. The number of carbonyl (C=O) groups is 2. The van der Waals surface area contributed by atoms with Crippen LogP contribution in [0.5, 0.6) is 0 Å². The van der Waals surface area contributed by atoms with Gasteiger partial charge in [-0.05, 0) is 40.0 Å². The monoisotopic (exact) mass is 259 g/mol. The molecule has 5 heteroatoms. The van der Waals surface area contributed by atoms with Gasteiger partial charge in [0.25, 0.3) is 0 Å². The summed E-state index contributed by atoms with van der Waals surface area (Å²) in [7, 11) is 0. The zero-order valence-electron chi connectivity index (χ0n) is 12.0. The molecule has 1 rings (SSSR count). The molecule has 1 saturated heterocycles. The van der Waals surface area contributed by atoms with Crippen LogP contribution in [-0.2, 0) is 9.53 Å². The molecular weight excluding hydrogens is 234 g/mol. The summed E-state index contributed by atoms with van der Waals surface area (Å²) >= 11 is 0. The van der Waals surface area contributed by atoms with Crippen LogP contribution in [0.3, 0.4) is 0 Å². The van der Waals surface area contributed by atoms with Gasteiger partial charge in [0.05, 0.1) is 0 Å². The molecule has 0 aromatic carbocycles. The van der Waals surface area contributed by atoms with Crippen molar-refractivity contribution in [3.8, 4) is 0 Å². The summed E-state index contributed by atoms with van der Waals surface area (Å²) in [6, 6.07) is -0.733. The number of rotatable bonds is 1. The summed E-state index contributed by atoms with van der Waals surface area (Å²) in [5.74, 6) is -0.953. The second kappa shape index (κ2) is 7.24. The SMILES string of the molecule is CC.CC(C)(C)OC(=O)N1CCCC[C@@H]1C(=O)O. The number of ether oxygens (including phenoxy) is 1. The quantitative estimate of drug-likeness (QED) is 0.786. The minimum Gasteiger partial charge on any atom is -0.480 e. The molecule has 1 heterocycles. The van der Waals surface area contributed by atoms with Gasteiger partial charge in [0, 0.05) is 6.54 Å². The summed E-state index contributed by atoms with van der Waals surface area (Å²) in [6.45, 7) is 9.77. The average Bonchev–Trinajstić information content (AvgIpc) is 2.29. The largest absolute Gasteiger partial charge is 0.480 e. The topological polar surface area (TPSA) is 66.8 Å². The number of hydrogen-bond donors (Lipinski definition) is 1. The van der Waals surface area contributed by atoms with Gasteiger partial charge in [-0.25, -0.2) is 9.59 Å². The summed E-state index contributed by atoms with van der Waals surface area (Å²) in [6.07, 6.45) is 1.66. The van der Waals surface area contributed by atoms with Crippen LogP contribution in [0.2, 0.25) is 0 Å². The van der Waals surface area contributed by atoms with Crippen molar-refractivity contribution in [3.05, 3.63) is 0 Å². The minimum atomic E-state index is -0.953. The van der Waals surface area contributed by atoms with Crippen molar-refractivity contribution in [1.29, 1.82) is 0 Å². The molecule has 0 unspecified atom stereocenters. The predicted molar refractivity (Wildman–Crippen MR) is 69.6 cm³/mol. The second-order valence-corrected chi connectivity index (χ2v) is 5.02. The van der Waals surface area contributed by atoms with Gasteiger partial charge >= 0.3 is 12.1 Å². The van der Waals surface area contributed by atoms with E-state index < -0.39 is 23.7 Å². The molecule has 0 spiro atoms. The van der Waals surface area contributed by atoms with Crippen LogP contribution >= 0.6 is 0 Å². The maximum absolute atomic E-state index is 11.8. The third kappa shape index (κ3) is 5.38. The van der Waals surface area contributed by atoms with Gasteiger partial charge in [0.2, 0.25) is 0 Å². The molecule has 1 aliphatic rings. The van der Waals surface area contributed by atoms with Crippen LogP contribution in [0.15, 0.2) is 0 Å². The number of nitrogens with zero attached hydrogens (tertiary/aromatic N) is 1. The van der Waals surface area contributed by atoms with Gasteiger partial charge in [-0.1, -0.05) is 13.8 Å². The Hall–Kier alpha value is -1.26. The molecular formula is C13H25NO4. The first-order valence-corrected chi connectivity index (χ1v) is 6.54. The van der Waals surface area contributed by atoms with Gasteiger partial charge in [-0.3, -0.25) is 4.90 Å². The average molecular weight is 259 g/mol. The fourth-order valence-electron chi connectivity index (χ4n) is 1.73. The number of likely N-dealkylation sites (tertiary alicyclic amines) is 1. The second-order valence-electron chi connectivity index (χ2n) is 5.02. The summed E-state index contributed by atoms with van der Waals surface area (Å²) in [4.78, 5) is 24.1. The van der Waals surface area contributed by atoms with Crippen molar-refractivity contribution < 1.29 is 19.4 Å². The van der Waals surface area contributed by atoms with E-state index in [0.717, 1.165) is 12.8 Å². The first-order valence-electron chi connectivity index (χ1n) is 6.54. The number of aliphatic carboxylic acids is 1. The van der Waals surface area contributed by atoms with E-state index in [9.17, 15) is 9.59 Å². The zero-order chi connectivity index (χ0) is 14.3. The van der Waals surface area contributed by atoms with Crippen LogP contribution < -0.4 is 0 Å². The molecule has 1 N–H and O–H groups in total. The zero-order valence-corrected chi connectivity index (χ0v) is 12.0. The lowest BCUT2D eigenvalue weighted by Crippen LogP contribution is -2.49. The van der Waals surface area contributed by atoms with Gasteiger partial charge in [-0.15, -0.1) is 0 Å². The molecule has 1 atom stereocenters. The highest BCUT2D eigenvalue weighted by molar-refractivity contribution is 5.80. The van der Waals surface area contributed by atoms with Gasteiger partial charge < -0.3 is 9.84 Å². The van der Waals surface area contributed by atoms with Crippen molar-refractivity contribution in [1.82, 2.24) is 4.90 Å². The van der Waals surface area contributed by atoms with E-state index in [-0.39, 0.29) is 0 Å². The predicted octanol–water partition coefficient (Wildman–Crippen LogP) is 2.89. The normalized spacial score (nSPS) is 19.6. The van der Waals surface area contributed by atoms with Crippen LogP contribution in [0, 0.1) is 0 Å². The standard InChI is InChI=1S/C11H19NO4.C2H6/c1-11(2,3)16-10(15)12-7-5-4-6-8(12)9(13)14;1-2/h8H,4-7H2,1-3H3,(H,13,14);1-2H3/t8-;/m1./s1. The Morgan fingerprint density at radius 3 is 2.22 bits per heavy atom. The van der Waals surface area contributed by atoms with Crippen molar-refractivity contribution in [3.63, 3.8) is 0 Å². The molecule has 0 aliphatic carbocycles. The van der Waals surface area contributed by atoms with Gasteiger partial charge in [0.1, 0.15) is 11.6 Å². The van der Waals surface area contributed by atoms with E-state index in [1.165, 1.54) is 4.90 Å². The first-order chi connectivity index (χ1) is 8.31.